The zero-order valence-electron chi connectivity index (χ0n) is 15.6. The Balaban J connectivity index is 1.91. The highest BCUT2D eigenvalue weighted by Crippen LogP contribution is 2.18. The Labute approximate surface area is 155 Å². The highest BCUT2D eigenvalue weighted by molar-refractivity contribution is 5.68. The standard InChI is InChI=1S/C22H27NO3/c1-22(2,3)26-21(24)23-20(18-12-6-4-7-13-18)16-10-11-17-25-19-14-8-5-9-15-19/h4-15,20H,16-17H2,1-3H3,(H,23,24)/b11-10+/t20-/m1/s1. The third-order valence-corrected chi connectivity index (χ3v) is 3.52. The summed E-state index contributed by atoms with van der Waals surface area (Å²) in [6.45, 7) is 6.04. The highest BCUT2D eigenvalue weighted by Gasteiger charge is 2.19. The first-order chi connectivity index (χ1) is 12.4. The number of hydrogen-bond acceptors (Lipinski definition) is 3. The number of hydrogen-bond donors (Lipinski definition) is 1. The molecule has 4 nitrogen and oxygen atoms in total. The quantitative estimate of drug-likeness (QED) is 0.689. The van der Waals surface area contributed by atoms with Gasteiger partial charge < -0.3 is 14.8 Å². The zero-order chi connectivity index (χ0) is 18.8. The molecular formula is C22H27NO3. The Morgan fingerprint density at radius 3 is 2.23 bits per heavy atom. The number of amides is 1. The maximum Gasteiger partial charge on any atom is 0.408 e. The normalized spacial score (nSPS) is 12.6. The average molecular weight is 353 g/mol. The van der Waals surface area contributed by atoms with Crippen LogP contribution in [0.15, 0.2) is 72.8 Å². The highest BCUT2D eigenvalue weighted by atomic mass is 16.6. The van der Waals surface area contributed by atoms with Gasteiger partial charge in [0.05, 0.1) is 6.04 Å². The molecule has 2 rings (SSSR count). The number of carbonyl (C=O) groups excluding carboxylic acids is 1. The van der Waals surface area contributed by atoms with Gasteiger partial charge in [0.1, 0.15) is 18.0 Å². The molecule has 1 atom stereocenters. The van der Waals surface area contributed by atoms with Gasteiger partial charge in [-0.2, -0.15) is 0 Å². The van der Waals surface area contributed by atoms with E-state index in [2.05, 4.69) is 5.32 Å². The summed E-state index contributed by atoms with van der Waals surface area (Å²) in [6.07, 6.45) is 4.21. The summed E-state index contributed by atoms with van der Waals surface area (Å²) < 4.78 is 11.0. The first-order valence-corrected chi connectivity index (χ1v) is 8.81. The van der Waals surface area contributed by atoms with Crippen LogP contribution in [0.2, 0.25) is 0 Å². The SMILES string of the molecule is CC(C)(C)OC(=O)N[C@H](C/C=C/COc1ccccc1)c1ccccc1. The van der Waals surface area contributed by atoms with Gasteiger partial charge in [0.15, 0.2) is 0 Å². The molecule has 26 heavy (non-hydrogen) atoms. The molecule has 0 radical (unpaired) electrons. The maximum atomic E-state index is 12.1. The molecule has 1 amide bonds. The van der Waals surface area contributed by atoms with Crippen molar-refractivity contribution in [1.82, 2.24) is 5.32 Å². The van der Waals surface area contributed by atoms with Crippen LogP contribution >= 0.6 is 0 Å². The van der Waals surface area contributed by atoms with E-state index in [1.807, 2.05) is 93.6 Å². The minimum absolute atomic E-state index is 0.154. The molecule has 2 aromatic rings. The molecular weight excluding hydrogens is 326 g/mol. The van der Waals surface area contributed by atoms with E-state index in [0.717, 1.165) is 11.3 Å². The summed E-state index contributed by atoms with van der Waals surface area (Å²) in [7, 11) is 0. The second-order valence-electron chi connectivity index (χ2n) is 6.94. The molecule has 0 fully saturated rings. The monoisotopic (exact) mass is 353 g/mol. The van der Waals surface area contributed by atoms with Crippen LogP contribution in [0, 0.1) is 0 Å². The minimum Gasteiger partial charge on any atom is -0.490 e. The number of carbonyl (C=O) groups is 1. The average Bonchev–Trinajstić information content (AvgIpc) is 2.60. The summed E-state index contributed by atoms with van der Waals surface area (Å²) in [5.41, 5.74) is 0.511. The Bertz CT molecular complexity index is 690. The Kier molecular flexibility index (Phi) is 7.27. The van der Waals surface area contributed by atoms with E-state index < -0.39 is 11.7 Å². The van der Waals surface area contributed by atoms with Gasteiger partial charge in [-0.05, 0) is 44.9 Å². The van der Waals surface area contributed by atoms with E-state index in [9.17, 15) is 4.79 Å². The van der Waals surface area contributed by atoms with Crippen LogP contribution < -0.4 is 10.1 Å². The number of rotatable bonds is 7. The van der Waals surface area contributed by atoms with Gasteiger partial charge >= 0.3 is 6.09 Å². The number of ether oxygens (including phenoxy) is 2. The fourth-order valence-corrected chi connectivity index (χ4v) is 2.37. The topological polar surface area (TPSA) is 47.6 Å². The smallest absolute Gasteiger partial charge is 0.408 e. The maximum absolute atomic E-state index is 12.1. The van der Waals surface area contributed by atoms with E-state index in [4.69, 9.17) is 9.47 Å². The lowest BCUT2D eigenvalue weighted by molar-refractivity contribution is 0.0504. The summed E-state index contributed by atoms with van der Waals surface area (Å²) in [6, 6.07) is 19.4. The molecule has 2 aromatic carbocycles. The number of benzene rings is 2. The first kappa shape index (κ1) is 19.6. The van der Waals surface area contributed by atoms with Gasteiger partial charge in [0, 0.05) is 0 Å². The Morgan fingerprint density at radius 2 is 1.62 bits per heavy atom. The van der Waals surface area contributed by atoms with Crippen molar-refractivity contribution < 1.29 is 14.3 Å². The molecule has 0 aliphatic carbocycles. The van der Waals surface area contributed by atoms with Crippen LogP contribution in [-0.4, -0.2) is 18.3 Å². The second kappa shape index (κ2) is 9.66. The molecule has 0 spiro atoms. The molecule has 1 N–H and O–H groups in total. The summed E-state index contributed by atoms with van der Waals surface area (Å²) >= 11 is 0. The van der Waals surface area contributed by atoms with E-state index in [1.54, 1.807) is 0 Å². The summed E-state index contributed by atoms with van der Waals surface area (Å²) in [5.74, 6) is 0.837. The van der Waals surface area contributed by atoms with Crippen molar-refractivity contribution >= 4 is 6.09 Å². The summed E-state index contributed by atoms with van der Waals surface area (Å²) in [5, 5.41) is 2.95. The lowest BCUT2D eigenvalue weighted by Gasteiger charge is -2.23. The molecule has 0 heterocycles. The molecule has 0 aliphatic heterocycles. The lowest BCUT2D eigenvalue weighted by Crippen LogP contribution is -2.34. The van der Waals surface area contributed by atoms with Crippen LogP contribution in [-0.2, 0) is 4.74 Å². The first-order valence-electron chi connectivity index (χ1n) is 8.81. The molecule has 0 saturated heterocycles. The van der Waals surface area contributed by atoms with Crippen molar-refractivity contribution in [3.05, 3.63) is 78.4 Å². The van der Waals surface area contributed by atoms with Gasteiger partial charge in [0.2, 0.25) is 0 Å². The zero-order valence-corrected chi connectivity index (χ0v) is 15.6. The van der Waals surface area contributed by atoms with E-state index >= 15 is 0 Å². The van der Waals surface area contributed by atoms with E-state index in [-0.39, 0.29) is 6.04 Å². The van der Waals surface area contributed by atoms with Crippen molar-refractivity contribution in [3.63, 3.8) is 0 Å². The van der Waals surface area contributed by atoms with E-state index in [1.165, 1.54) is 0 Å². The molecule has 0 bridgehead atoms. The van der Waals surface area contributed by atoms with Crippen molar-refractivity contribution in [2.75, 3.05) is 6.61 Å². The number of para-hydroxylation sites is 1. The van der Waals surface area contributed by atoms with Gasteiger partial charge in [0.25, 0.3) is 0 Å². The van der Waals surface area contributed by atoms with Gasteiger partial charge in [-0.15, -0.1) is 0 Å². The number of alkyl carbamates (subject to hydrolysis) is 1. The van der Waals surface area contributed by atoms with Crippen molar-refractivity contribution in [3.8, 4) is 5.75 Å². The second-order valence-corrected chi connectivity index (χ2v) is 6.94. The minimum atomic E-state index is -0.523. The number of nitrogens with one attached hydrogen (secondary N) is 1. The van der Waals surface area contributed by atoms with Crippen LogP contribution in [0.5, 0.6) is 5.75 Å². The fraction of sp³-hybridized carbons (Fsp3) is 0.318. The molecule has 138 valence electrons. The molecule has 0 aromatic heterocycles. The van der Waals surface area contributed by atoms with Gasteiger partial charge in [-0.25, -0.2) is 4.79 Å². The third-order valence-electron chi connectivity index (χ3n) is 3.52. The molecule has 0 saturated carbocycles. The third kappa shape index (κ3) is 7.43. The van der Waals surface area contributed by atoms with Crippen LogP contribution in [0.4, 0.5) is 4.79 Å². The van der Waals surface area contributed by atoms with E-state index in [0.29, 0.717) is 13.0 Å². The van der Waals surface area contributed by atoms with Crippen molar-refractivity contribution in [1.29, 1.82) is 0 Å². The summed E-state index contributed by atoms with van der Waals surface area (Å²) in [4.78, 5) is 12.1. The predicted octanol–water partition coefficient (Wildman–Crippen LogP) is 5.28. The van der Waals surface area contributed by atoms with Crippen LogP contribution in [0.3, 0.4) is 0 Å². The largest absolute Gasteiger partial charge is 0.490 e. The van der Waals surface area contributed by atoms with Crippen molar-refractivity contribution in [2.24, 2.45) is 0 Å². The van der Waals surface area contributed by atoms with Gasteiger partial charge in [-0.3, -0.25) is 0 Å². The Morgan fingerprint density at radius 1 is 1.00 bits per heavy atom. The Hall–Kier alpha value is -2.75. The molecule has 0 unspecified atom stereocenters. The fourth-order valence-electron chi connectivity index (χ4n) is 2.37. The van der Waals surface area contributed by atoms with Crippen LogP contribution in [0.1, 0.15) is 38.8 Å². The molecule has 4 heteroatoms. The van der Waals surface area contributed by atoms with Gasteiger partial charge in [-0.1, -0.05) is 60.7 Å². The molecule has 0 aliphatic rings. The predicted molar refractivity (Wildman–Crippen MR) is 104 cm³/mol. The van der Waals surface area contributed by atoms with Crippen LogP contribution in [0.25, 0.3) is 0 Å². The van der Waals surface area contributed by atoms with Crippen molar-refractivity contribution in [2.45, 2.75) is 38.8 Å². The lowest BCUT2D eigenvalue weighted by atomic mass is 10.0.